The molecule has 0 atom stereocenters. The minimum atomic E-state index is 0.0614. The van der Waals surface area contributed by atoms with E-state index >= 15 is 0 Å². The second-order valence-electron chi connectivity index (χ2n) is 12.8. The van der Waals surface area contributed by atoms with E-state index in [1.165, 1.54) is 82.6 Å². The third kappa shape index (κ3) is 3.84. The molecule has 0 fully saturated rings. The van der Waals surface area contributed by atoms with Gasteiger partial charge in [0.2, 0.25) is 0 Å². The molecule has 42 heavy (non-hydrogen) atoms. The Morgan fingerprint density at radius 1 is 0.429 bits per heavy atom. The highest BCUT2D eigenvalue weighted by Gasteiger charge is 2.22. The zero-order chi connectivity index (χ0) is 28.6. The van der Waals surface area contributed by atoms with Gasteiger partial charge in [0.05, 0.1) is 16.6 Å². The normalized spacial score (nSPS) is 12.3. The average Bonchev–Trinajstić information content (AvgIpc) is 3.52. The molecule has 0 saturated heterocycles. The Morgan fingerprint density at radius 2 is 0.929 bits per heavy atom. The van der Waals surface area contributed by atoms with Crippen molar-refractivity contribution in [1.82, 2.24) is 4.40 Å². The van der Waals surface area contributed by atoms with Crippen LogP contribution in [0.3, 0.4) is 0 Å². The molecule has 0 saturated carbocycles. The van der Waals surface area contributed by atoms with Gasteiger partial charge < -0.3 is 4.40 Å². The van der Waals surface area contributed by atoms with E-state index in [2.05, 4.69) is 159 Å². The van der Waals surface area contributed by atoms with Crippen LogP contribution in [0.2, 0.25) is 0 Å². The topological polar surface area (TPSA) is 4.41 Å². The number of benzene rings is 6. The van der Waals surface area contributed by atoms with E-state index in [4.69, 9.17) is 0 Å². The number of hydrogen-bond acceptors (Lipinski definition) is 0. The van der Waals surface area contributed by atoms with Crippen LogP contribution < -0.4 is 0 Å². The molecule has 0 N–H and O–H groups in total. The molecule has 0 spiro atoms. The maximum absolute atomic E-state index is 2.48. The molecule has 2 aromatic heterocycles. The van der Waals surface area contributed by atoms with Crippen LogP contribution in [0.1, 0.15) is 31.9 Å². The fourth-order valence-corrected chi connectivity index (χ4v) is 6.66. The number of fused-ring (bicyclic) bond motifs is 6. The smallest absolute Gasteiger partial charge is 0.0620 e. The van der Waals surface area contributed by atoms with Gasteiger partial charge in [0.1, 0.15) is 0 Å². The standard InChI is InChI=1S/C41H33N/c1-26-16-18-38-34(20-26)36-24-33(41(2,3)4)25-37-35-23-32(17-19-39(35)42(38)40(36)37)31-15-9-14-30(22-31)29-13-8-12-28(21-29)27-10-6-5-7-11-27/h5-25H,1-4H3. The minimum absolute atomic E-state index is 0.0614. The number of hydrogen-bond donors (Lipinski definition) is 0. The molecular formula is C41H33N. The van der Waals surface area contributed by atoms with Gasteiger partial charge in [-0.2, -0.15) is 0 Å². The monoisotopic (exact) mass is 539 g/mol. The molecule has 6 aromatic carbocycles. The van der Waals surface area contributed by atoms with Crippen LogP contribution in [0.15, 0.2) is 127 Å². The summed E-state index contributed by atoms with van der Waals surface area (Å²) < 4.78 is 2.48. The first-order valence-electron chi connectivity index (χ1n) is 14.9. The van der Waals surface area contributed by atoms with Gasteiger partial charge in [-0.15, -0.1) is 0 Å². The number of rotatable bonds is 3. The van der Waals surface area contributed by atoms with E-state index in [-0.39, 0.29) is 5.41 Å². The van der Waals surface area contributed by atoms with Crippen LogP contribution in [0.25, 0.3) is 71.5 Å². The summed E-state index contributed by atoms with van der Waals surface area (Å²) in [4.78, 5) is 0. The van der Waals surface area contributed by atoms with Gasteiger partial charge in [-0.1, -0.05) is 105 Å². The molecule has 8 rings (SSSR count). The Morgan fingerprint density at radius 3 is 1.52 bits per heavy atom. The summed E-state index contributed by atoms with van der Waals surface area (Å²) in [5.41, 5.74) is 14.1. The zero-order valence-corrected chi connectivity index (χ0v) is 24.6. The molecule has 0 amide bonds. The molecule has 0 aliphatic heterocycles. The van der Waals surface area contributed by atoms with Crippen LogP contribution in [0.4, 0.5) is 0 Å². The second kappa shape index (κ2) is 9.06. The van der Waals surface area contributed by atoms with E-state index in [0.29, 0.717) is 0 Å². The Bertz CT molecular complexity index is 2280. The summed E-state index contributed by atoms with van der Waals surface area (Å²) in [5.74, 6) is 0. The van der Waals surface area contributed by atoms with Crippen molar-refractivity contribution < 1.29 is 0 Å². The Kier molecular flexibility index (Phi) is 5.37. The van der Waals surface area contributed by atoms with Gasteiger partial charge in [-0.3, -0.25) is 0 Å². The first-order valence-corrected chi connectivity index (χ1v) is 14.9. The Hall–Kier alpha value is -4.88. The molecule has 0 bridgehead atoms. The van der Waals surface area contributed by atoms with E-state index in [9.17, 15) is 0 Å². The van der Waals surface area contributed by atoms with E-state index < -0.39 is 0 Å². The number of nitrogens with zero attached hydrogens (tertiary/aromatic N) is 1. The predicted molar refractivity (Wildman–Crippen MR) is 181 cm³/mol. The van der Waals surface area contributed by atoms with E-state index in [0.717, 1.165) is 0 Å². The van der Waals surface area contributed by atoms with Crippen LogP contribution >= 0.6 is 0 Å². The van der Waals surface area contributed by atoms with Crippen LogP contribution in [-0.2, 0) is 5.41 Å². The fourth-order valence-electron chi connectivity index (χ4n) is 6.66. The highest BCUT2D eigenvalue weighted by Crippen LogP contribution is 2.43. The lowest BCUT2D eigenvalue weighted by atomic mass is 9.85. The van der Waals surface area contributed by atoms with Crippen LogP contribution in [0, 0.1) is 6.92 Å². The lowest BCUT2D eigenvalue weighted by molar-refractivity contribution is 0.592. The number of aryl methyl sites for hydroxylation is 1. The third-order valence-corrected chi connectivity index (χ3v) is 8.91. The summed E-state index contributed by atoms with van der Waals surface area (Å²) in [6, 6.07) is 47.2. The maximum atomic E-state index is 2.48. The molecule has 0 unspecified atom stereocenters. The average molecular weight is 540 g/mol. The van der Waals surface area contributed by atoms with Crippen LogP contribution in [-0.4, -0.2) is 4.40 Å². The SMILES string of the molecule is Cc1ccc2c(c1)c1cc(C(C)(C)C)cc3c4cc(-c5cccc(-c6cccc(-c7ccccc7)c6)c5)ccc4n2c13. The molecular weight excluding hydrogens is 506 g/mol. The zero-order valence-electron chi connectivity index (χ0n) is 24.6. The highest BCUT2D eigenvalue weighted by molar-refractivity contribution is 6.24. The molecule has 1 nitrogen and oxygen atoms in total. The van der Waals surface area contributed by atoms with Gasteiger partial charge in [-0.25, -0.2) is 0 Å². The fraction of sp³-hybridized carbons (Fsp3) is 0.122. The van der Waals surface area contributed by atoms with Gasteiger partial charge >= 0.3 is 0 Å². The summed E-state index contributed by atoms with van der Waals surface area (Å²) >= 11 is 0. The molecule has 0 aliphatic rings. The predicted octanol–water partition coefficient (Wildman–Crippen LogP) is 11.4. The van der Waals surface area contributed by atoms with Gasteiger partial charge in [-0.05, 0) is 99.8 Å². The quantitative estimate of drug-likeness (QED) is 0.210. The van der Waals surface area contributed by atoms with Gasteiger partial charge in [0.25, 0.3) is 0 Å². The van der Waals surface area contributed by atoms with E-state index in [1.54, 1.807) is 0 Å². The summed E-state index contributed by atoms with van der Waals surface area (Å²) in [6.45, 7) is 9.14. The second-order valence-corrected chi connectivity index (χ2v) is 12.8. The molecule has 8 aromatic rings. The van der Waals surface area contributed by atoms with Crippen molar-refractivity contribution in [2.75, 3.05) is 0 Å². The first-order chi connectivity index (χ1) is 20.3. The van der Waals surface area contributed by atoms with Crippen molar-refractivity contribution >= 4 is 38.1 Å². The molecule has 0 aliphatic carbocycles. The van der Waals surface area contributed by atoms with E-state index in [1.807, 2.05) is 0 Å². The molecule has 202 valence electrons. The third-order valence-electron chi connectivity index (χ3n) is 8.91. The van der Waals surface area contributed by atoms with Crippen molar-refractivity contribution in [3.8, 4) is 33.4 Å². The van der Waals surface area contributed by atoms with Crippen molar-refractivity contribution in [1.29, 1.82) is 0 Å². The lowest BCUT2D eigenvalue weighted by Gasteiger charge is -2.19. The van der Waals surface area contributed by atoms with Crippen molar-refractivity contribution in [2.45, 2.75) is 33.1 Å². The highest BCUT2D eigenvalue weighted by atomic mass is 14.9. The Balaban J connectivity index is 1.32. The van der Waals surface area contributed by atoms with Crippen molar-refractivity contribution in [3.63, 3.8) is 0 Å². The number of aromatic nitrogens is 1. The van der Waals surface area contributed by atoms with Gasteiger partial charge in [0, 0.05) is 21.5 Å². The summed E-state index contributed by atoms with van der Waals surface area (Å²) in [6.07, 6.45) is 0. The lowest BCUT2D eigenvalue weighted by Crippen LogP contribution is -2.10. The minimum Gasteiger partial charge on any atom is -0.308 e. The summed E-state index contributed by atoms with van der Waals surface area (Å²) in [5, 5.41) is 5.36. The largest absolute Gasteiger partial charge is 0.308 e. The van der Waals surface area contributed by atoms with Crippen LogP contribution in [0.5, 0.6) is 0 Å². The molecule has 2 heterocycles. The first kappa shape index (κ1) is 24.9. The van der Waals surface area contributed by atoms with Gasteiger partial charge in [0.15, 0.2) is 0 Å². The summed E-state index contributed by atoms with van der Waals surface area (Å²) in [7, 11) is 0. The maximum Gasteiger partial charge on any atom is 0.0620 e. The Labute approximate surface area is 247 Å². The molecule has 1 heteroatoms. The molecule has 0 radical (unpaired) electrons. The van der Waals surface area contributed by atoms with Crippen molar-refractivity contribution in [2.24, 2.45) is 0 Å². The van der Waals surface area contributed by atoms with Crippen molar-refractivity contribution in [3.05, 3.63) is 139 Å².